The van der Waals surface area contributed by atoms with Crippen molar-refractivity contribution in [3.8, 4) is 11.5 Å². The quantitative estimate of drug-likeness (QED) is 0.729. The van der Waals surface area contributed by atoms with Crippen molar-refractivity contribution in [1.82, 2.24) is 0 Å². The van der Waals surface area contributed by atoms with Gasteiger partial charge >= 0.3 is 6.18 Å². The van der Waals surface area contributed by atoms with Crippen molar-refractivity contribution in [2.75, 3.05) is 37.8 Å². The van der Waals surface area contributed by atoms with Crippen molar-refractivity contribution >= 4 is 17.4 Å². The summed E-state index contributed by atoms with van der Waals surface area (Å²) in [4.78, 5) is 27.1. The Labute approximate surface area is 188 Å². The molecule has 0 aliphatic carbocycles. The van der Waals surface area contributed by atoms with Crippen LogP contribution in [0.4, 0.5) is 18.9 Å². The molecule has 2 aromatic carbocycles. The van der Waals surface area contributed by atoms with Gasteiger partial charge in [0.2, 0.25) is 5.91 Å². The number of anilines is 1. The molecule has 0 saturated carbocycles. The second kappa shape index (κ2) is 8.58. The Kier molecular flexibility index (Phi) is 5.96. The fourth-order valence-electron chi connectivity index (χ4n) is 4.03. The third-order valence-electron chi connectivity index (χ3n) is 5.62. The molecule has 0 aromatic heterocycles. The summed E-state index contributed by atoms with van der Waals surface area (Å²) in [5, 5.41) is 0. The maximum Gasteiger partial charge on any atom is 0.419 e. The number of primary amides is 1. The Balaban J connectivity index is 1.64. The maximum absolute atomic E-state index is 13.3. The largest absolute Gasteiger partial charge is 0.489 e. The summed E-state index contributed by atoms with van der Waals surface area (Å²) in [6.45, 7) is 3.45. The third kappa shape index (κ3) is 4.75. The van der Waals surface area contributed by atoms with Gasteiger partial charge in [0.05, 0.1) is 36.3 Å². The summed E-state index contributed by atoms with van der Waals surface area (Å²) in [7, 11) is 0. The highest BCUT2D eigenvalue weighted by Crippen LogP contribution is 2.40. The van der Waals surface area contributed by atoms with Gasteiger partial charge in [-0.2, -0.15) is 13.2 Å². The lowest BCUT2D eigenvalue weighted by Gasteiger charge is -2.36. The lowest BCUT2D eigenvalue weighted by atomic mass is 9.88. The van der Waals surface area contributed by atoms with E-state index in [-0.39, 0.29) is 35.7 Å². The number of nitrogens with two attached hydrogens (primary N) is 1. The molecule has 1 amide bonds. The Morgan fingerprint density at radius 1 is 1.21 bits per heavy atom. The fraction of sp³-hybridized carbons (Fsp3) is 0.391. The predicted octanol–water partition coefficient (Wildman–Crippen LogP) is 3.44. The van der Waals surface area contributed by atoms with Crippen molar-refractivity contribution < 1.29 is 37.0 Å². The summed E-state index contributed by atoms with van der Waals surface area (Å²) in [6, 6.07) is 8.05. The van der Waals surface area contributed by atoms with Crippen molar-refractivity contribution in [1.29, 1.82) is 0 Å². The molecule has 4 rings (SSSR count). The number of Topliss-reactive ketones (excluding diaryl/α,β-unsaturated/α-hetero) is 1. The minimum atomic E-state index is -4.59. The first-order valence-electron chi connectivity index (χ1n) is 10.4. The zero-order chi connectivity index (χ0) is 23.8. The van der Waals surface area contributed by atoms with Crippen LogP contribution in [0.25, 0.3) is 0 Å². The molecule has 0 bridgehead atoms. The molecule has 1 unspecified atom stereocenters. The molecule has 2 aliphatic heterocycles. The number of benzene rings is 2. The van der Waals surface area contributed by atoms with E-state index >= 15 is 0 Å². The molecular formula is C23H23F3N2O5. The summed E-state index contributed by atoms with van der Waals surface area (Å²) in [5.41, 5.74) is 4.14. The van der Waals surface area contributed by atoms with E-state index in [0.717, 1.165) is 6.07 Å². The van der Waals surface area contributed by atoms with E-state index in [9.17, 15) is 22.8 Å². The van der Waals surface area contributed by atoms with E-state index in [1.165, 1.54) is 18.2 Å². The average molecular weight is 464 g/mol. The lowest BCUT2D eigenvalue weighted by Crippen LogP contribution is -2.45. The number of ether oxygens (including phenoxy) is 3. The highest BCUT2D eigenvalue weighted by atomic mass is 19.4. The Hall–Kier alpha value is -3.27. The number of nitrogens with zero attached hydrogens (tertiary/aromatic N) is 1. The Morgan fingerprint density at radius 3 is 2.58 bits per heavy atom. The van der Waals surface area contributed by atoms with Gasteiger partial charge in [-0.15, -0.1) is 0 Å². The van der Waals surface area contributed by atoms with Gasteiger partial charge in [-0.05, 0) is 25.1 Å². The van der Waals surface area contributed by atoms with E-state index in [1.807, 2.05) is 4.90 Å². The van der Waals surface area contributed by atoms with Gasteiger partial charge in [-0.25, -0.2) is 0 Å². The number of morpholine rings is 1. The van der Waals surface area contributed by atoms with Crippen LogP contribution in [0.5, 0.6) is 11.5 Å². The first-order chi connectivity index (χ1) is 15.6. The van der Waals surface area contributed by atoms with Gasteiger partial charge in [0, 0.05) is 24.8 Å². The highest BCUT2D eigenvalue weighted by molar-refractivity contribution is 6.11. The molecule has 1 atom stereocenters. The van der Waals surface area contributed by atoms with Crippen molar-refractivity contribution in [2.45, 2.75) is 25.1 Å². The molecule has 2 aliphatic rings. The Bertz CT molecular complexity index is 1080. The van der Waals surface area contributed by atoms with Crippen LogP contribution >= 0.6 is 0 Å². The third-order valence-corrected chi connectivity index (χ3v) is 5.62. The number of para-hydroxylation sites is 1. The molecule has 10 heteroatoms. The average Bonchev–Trinajstić information content (AvgIpc) is 2.77. The fourth-order valence-corrected chi connectivity index (χ4v) is 4.03. The molecule has 2 heterocycles. The number of halogens is 3. The second-order valence-corrected chi connectivity index (χ2v) is 8.26. The first-order valence-corrected chi connectivity index (χ1v) is 10.4. The van der Waals surface area contributed by atoms with Crippen LogP contribution in [0.3, 0.4) is 0 Å². The van der Waals surface area contributed by atoms with Crippen molar-refractivity contribution in [3.05, 3.63) is 53.1 Å². The topological polar surface area (TPSA) is 91.1 Å². The lowest BCUT2D eigenvalue weighted by molar-refractivity contribution is -0.139. The smallest absolute Gasteiger partial charge is 0.419 e. The molecule has 0 spiro atoms. The van der Waals surface area contributed by atoms with E-state index < -0.39 is 29.0 Å². The standard InChI is InChI=1S/C23H23F3N2O5/c1-22(13-32-18-5-3-2-4-16(18)23(24,25)26)12-17(29)20-15(21(27)30)10-14(11-19(20)33-22)28-6-8-31-9-7-28/h2-5,10-11H,6-9,12-13H2,1H3,(H2,27,30). The number of carbonyl (C=O) groups excluding carboxylic acids is 2. The van der Waals surface area contributed by atoms with E-state index in [1.54, 1.807) is 19.1 Å². The number of ketones is 1. The van der Waals surface area contributed by atoms with Crippen molar-refractivity contribution in [2.24, 2.45) is 5.73 Å². The number of carbonyl (C=O) groups is 2. The minimum Gasteiger partial charge on any atom is -0.489 e. The molecule has 2 N–H and O–H groups in total. The van der Waals surface area contributed by atoms with Crippen LogP contribution in [0, 0.1) is 0 Å². The monoisotopic (exact) mass is 464 g/mol. The second-order valence-electron chi connectivity index (χ2n) is 8.26. The van der Waals surface area contributed by atoms with Gasteiger partial charge in [0.1, 0.15) is 23.7 Å². The molecule has 2 aromatic rings. The molecule has 176 valence electrons. The number of fused-ring (bicyclic) bond motifs is 1. The zero-order valence-electron chi connectivity index (χ0n) is 17.9. The van der Waals surface area contributed by atoms with Gasteiger partial charge < -0.3 is 24.8 Å². The molecule has 1 saturated heterocycles. The first kappa shape index (κ1) is 22.9. The van der Waals surface area contributed by atoms with Crippen LogP contribution in [-0.4, -0.2) is 50.2 Å². The molecule has 0 radical (unpaired) electrons. The van der Waals surface area contributed by atoms with Crippen LogP contribution in [0.1, 0.15) is 39.6 Å². The van der Waals surface area contributed by atoms with E-state index in [0.29, 0.717) is 32.0 Å². The van der Waals surface area contributed by atoms with E-state index in [4.69, 9.17) is 19.9 Å². The Morgan fingerprint density at radius 2 is 1.91 bits per heavy atom. The zero-order valence-corrected chi connectivity index (χ0v) is 17.9. The summed E-state index contributed by atoms with van der Waals surface area (Å²) in [6.07, 6.45) is -4.78. The number of alkyl halides is 3. The van der Waals surface area contributed by atoms with Gasteiger partial charge in [-0.1, -0.05) is 12.1 Å². The van der Waals surface area contributed by atoms with Gasteiger partial charge in [-0.3, -0.25) is 9.59 Å². The molecule has 33 heavy (non-hydrogen) atoms. The van der Waals surface area contributed by atoms with Crippen LogP contribution in [0.2, 0.25) is 0 Å². The SMILES string of the molecule is CC1(COc2ccccc2C(F)(F)F)CC(=O)c2c(cc(N3CCOCC3)cc2C(N)=O)O1. The van der Waals surface area contributed by atoms with Gasteiger partial charge in [0.15, 0.2) is 5.78 Å². The number of amides is 1. The van der Waals surface area contributed by atoms with Crippen LogP contribution in [0.15, 0.2) is 36.4 Å². The number of hydrogen-bond donors (Lipinski definition) is 1. The summed E-state index contributed by atoms with van der Waals surface area (Å²) in [5.74, 6) is -1.36. The highest BCUT2D eigenvalue weighted by Gasteiger charge is 2.41. The minimum absolute atomic E-state index is 0.0457. The normalized spacial score (nSPS) is 20.7. The van der Waals surface area contributed by atoms with Crippen LogP contribution in [-0.2, 0) is 10.9 Å². The van der Waals surface area contributed by atoms with Gasteiger partial charge in [0.25, 0.3) is 0 Å². The molecule has 1 fully saturated rings. The molecular weight excluding hydrogens is 441 g/mol. The maximum atomic E-state index is 13.3. The number of hydrogen-bond acceptors (Lipinski definition) is 6. The van der Waals surface area contributed by atoms with E-state index in [2.05, 4.69) is 0 Å². The number of rotatable bonds is 5. The van der Waals surface area contributed by atoms with Crippen molar-refractivity contribution in [3.63, 3.8) is 0 Å². The summed E-state index contributed by atoms with van der Waals surface area (Å²) < 4.78 is 56.8. The predicted molar refractivity (Wildman–Crippen MR) is 113 cm³/mol. The van der Waals surface area contributed by atoms with Crippen LogP contribution < -0.4 is 20.1 Å². The molecule has 7 nitrogen and oxygen atoms in total. The summed E-state index contributed by atoms with van der Waals surface area (Å²) >= 11 is 0.